The summed E-state index contributed by atoms with van der Waals surface area (Å²) in [6, 6.07) is 7.59. The van der Waals surface area contributed by atoms with Crippen molar-refractivity contribution in [2.24, 2.45) is 5.92 Å². The van der Waals surface area contributed by atoms with Gasteiger partial charge in [0.2, 0.25) is 5.91 Å². The number of likely N-dealkylation sites (tertiary alicyclic amines) is 1. The molecule has 0 radical (unpaired) electrons. The Morgan fingerprint density at radius 2 is 1.70 bits per heavy atom. The first-order valence-corrected chi connectivity index (χ1v) is 12.7. The number of rotatable bonds is 10. The smallest absolute Gasteiger partial charge is 0.252 e. The van der Waals surface area contributed by atoms with Gasteiger partial charge >= 0.3 is 0 Å². The molecule has 166 valence electrons. The lowest BCUT2D eigenvalue weighted by Crippen LogP contribution is -2.33. The molecule has 1 saturated carbocycles. The Balaban J connectivity index is 1.38. The van der Waals surface area contributed by atoms with Gasteiger partial charge in [0.05, 0.1) is 11.3 Å². The molecule has 0 aromatic heterocycles. The van der Waals surface area contributed by atoms with E-state index in [-0.39, 0.29) is 11.8 Å². The number of piperidine rings is 1. The van der Waals surface area contributed by atoms with Gasteiger partial charge in [-0.15, -0.1) is 11.8 Å². The van der Waals surface area contributed by atoms with E-state index in [1.807, 2.05) is 24.3 Å². The Morgan fingerprint density at radius 3 is 2.50 bits per heavy atom. The summed E-state index contributed by atoms with van der Waals surface area (Å²) in [7, 11) is 0. The molecule has 0 unspecified atom stereocenters. The molecule has 2 N–H and O–H groups in total. The van der Waals surface area contributed by atoms with Crippen molar-refractivity contribution in [1.82, 2.24) is 15.5 Å². The van der Waals surface area contributed by atoms with Crippen molar-refractivity contribution in [3.8, 4) is 0 Å². The summed E-state index contributed by atoms with van der Waals surface area (Å²) in [6.07, 6.45) is 11.3. The van der Waals surface area contributed by atoms with Crippen LogP contribution in [0.2, 0.25) is 0 Å². The third-order valence-electron chi connectivity index (χ3n) is 6.19. The standard InChI is InChI=1S/C24H37N3O2S/c28-23(26-18-20-10-3-1-4-11-20)19-30-22-13-6-5-12-21(22)24(29)25-14-9-17-27-15-7-2-8-16-27/h5-6,12-13,20H,1-4,7-11,14-19H2,(H,25,29)(H,26,28). The van der Waals surface area contributed by atoms with Crippen LogP contribution in [0.3, 0.4) is 0 Å². The van der Waals surface area contributed by atoms with E-state index >= 15 is 0 Å². The monoisotopic (exact) mass is 431 g/mol. The van der Waals surface area contributed by atoms with Gasteiger partial charge in [-0.05, 0) is 69.8 Å². The summed E-state index contributed by atoms with van der Waals surface area (Å²) in [5.41, 5.74) is 0.667. The van der Waals surface area contributed by atoms with Crippen LogP contribution in [0, 0.1) is 5.92 Å². The quantitative estimate of drug-likeness (QED) is 0.433. The molecule has 5 nitrogen and oxygen atoms in total. The summed E-state index contributed by atoms with van der Waals surface area (Å²) in [5.74, 6) is 1.00. The molecule has 1 heterocycles. The maximum atomic E-state index is 12.7. The fourth-order valence-electron chi connectivity index (χ4n) is 4.41. The SMILES string of the molecule is O=C(CSc1ccccc1C(=O)NCCCN1CCCCC1)NCC1CCCCC1. The first kappa shape index (κ1) is 23.1. The second kappa shape index (κ2) is 13.0. The Labute approximate surface area is 185 Å². The van der Waals surface area contributed by atoms with Crippen LogP contribution in [0.4, 0.5) is 0 Å². The highest BCUT2D eigenvalue weighted by Gasteiger charge is 2.16. The van der Waals surface area contributed by atoms with E-state index in [1.165, 1.54) is 76.2 Å². The zero-order valence-electron chi connectivity index (χ0n) is 18.2. The molecular weight excluding hydrogens is 394 g/mol. The van der Waals surface area contributed by atoms with Crippen molar-refractivity contribution in [3.63, 3.8) is 0 Å². The first-order valence-electron chi connectivity index (χ1n) is 11.7. The van der Waals surface area contributed by atoms with Gasteiger partial charge < -0.3 is 15.5 Å². The number of nitrogens with one attached hydrogen (secondary N) is 2. The fraction of sp³-hybridized carbons (Fsp3) is 0.667. The van der Waals surface area contributed by atoms with E-state index in [9.17, 15) is 9.59 Å². The lowest BCUT2D eigenvalue weighted by molar-refractivity contribution is -0.118. The van der Waals surface area contributed by atoms with Gasteiger partial charge in [0.15, 0.2) is 0 Å². The fourth-order valence-corrected chi connectivity index (χ4v) is 5.29. The molecule has 1 saturated heterocycles. The minimum absolute atomic E-state index is 0.0423. The summed E-state index contributed by atoms with van der Waals surface area (Å²) in [5, 5.41) is 6.13. The maximum Gasteiger partial charge on any atom is 0.252 e. The second-order valence-electron chi connectivity index (χ2n) is 8.60. The zero-order valence-corrected chi connectivity index (χ0v) is 19.0. The van der Waals surface area contributed by atoms with Crippen LogP contribution in [0.5, 0.6) is 0 Å². The van der Waals surface area contributed by atoms with Crippen molar-refractivity contribution >= 4 is 23.6 Å². The minimum atomic E-state index is -0.0423. The van der Waals surface area contributed by atoms with Crippen molar-refractivity contribution < 1.29 is 9.59 Å². The highest BCUT2D eigenvalue weighted by molar-refractivity contribution is 8.00. The van der Waals surface area contributed by atoms with E-state index in [1.54, 1.807) is 0 Å². The van der Waals surface area contributed by atoms with Gasteiger partial charge in [0.25, 0.3) is 5.91 Å². The van der Waals surface area contributed by atoms with Gasteiger partial charge in [-0.25, -0.2) is 0 Å². The third-order valence-corrected chi connectivity index (χ3v) is 7.26. The van der Waals surface area contributed by atoms with Crippen LogP contribution >= 0.6 is 11.8 Å². The summed E-state index contributed by atoms with van der Waals surface area (Å²) < 4.78 is 0. The Bertz CT molecular complexity index is 670. The van der Waals surface area contributed by atoms with Crippen molar-refractivity contribution in [2.45, 2.75) is 62.7 Å². The normalized spacial score (nSPS) is 18.1. The average Bonchev–Trinajstić information content (AvgIpc) is 2.80. The van der Waals surface area contributed by atoms with Crippen LogP contribution in [0.15, 0.2) is 29.2 Å². The van der Waals surface area contributed by atoms with Crippen molar-refractivity contribution in [1.29, 1.82) is 0 Å². The number of nitrogens with zero attached hydrogens (tertiary/aromatic N) is 1. The van der Waals surface area contributed by atoms with Gasteiger partial charge in [-0.3, -0.25) is 9.59 Å². The van der Waals surface area contributed by atoms with Crippen molar-refractivity contribution in [2.75, 3.05) is 38.5 Å². The summed E-state index contributed by atoms with van der Waals surface area (Å²) in [4.78, 5) is 28.3. The van der Waals surface area contributed by atoms with Gasteiger partial charge in [-0.1, -0.05) is 37.8 Å². The number of hydrogen-bond acceptors (Lipinski definition) is 4. The molecule has 1 aromatic carbocycles. The van der Waals surface area contributed by atoms with E-state index in [2.05, 4.69) is 15.5 Å². The first-order chi connectivity index (χ1) is 14.7. The Morgan fingerprint density at radius 1 is 0.967 bits per heavy atom. The highest BCUT2D eigenvalue weighted by Crippen LogP contribution is 2.24. The highest BCUT2D eigenvalue weighted by atomic mass is 32.2. The number of thioether (sulfide) groups is 1. The number of carbonyl (C=O) groups is 2. The molecule has 2 fully saturated rings. The van der Waals surface area contributed by atoms with Crippen LogP contribution < -0.4 is 10.6 Å². The van der Waals surface area contributed by atoms with Crippen LogP contribution in [-0.2, 0) is 4.79 Å². The van der Waals surface area contributed by atoms with Crippen LogP contribution in [0.25, 0.3) is 0 Å². The topological polar surface area (TPSA) is 61.4 Å². The molecule has 30 heavy (non-hydrogen) atoms. The largest absolute Gasteiger partial charge is 0.355 e. The Kier molecular flexibility index (Phi) is 10.0. The molecule has 2 amide bonds. The van der Waals surface area contributed by atoms with E-state index < -0.39 is 0 Å². The molecule has 6 heteroatoms. The average molecular weight is 432 g/mol. The van der Waals surface area contributed by atoms with Gasteiger partial charge in [0.1, 0.15) is 0 Å². The Hall–Kier alpha value is -1.53. The molecule has 2 aliphatic rings. The number of amides is 2. The predicted octanol–water partition coefficient (Wildman–Crippen LogP) is 4.08. The third kappa shape index (κ3) is 7.95. The molecule has 0 atom stereocenters. The van der Waals surface area contributed by atoms with Crippen molar-refractivity contribution in [3.05, 3.63) is 29.8 Å². The molecule has 0 bridgehead atoms. The second-order valence-corrected chi connectivity index (χ2v) is 9.62. The van der Waals surface area contributed by atoms with Crippen LogP contribution in [0.1, 0.15) is 68.1 Å². The minimum Gasteiger partial charge on any atom is -0.355 e. The zero-order chi connectivity index (χ0) is 21.0. The summed E-state index contributed by atoms with van der Waals surface area (Å²) >= 11 is 1.45. The molecular formula is C24H37N3O2S. The molecule has 1 aromatic rings. The number of benzene rings is 1. The molecule has 0 spiro atoms. The molecule has 3 rings (SSSR count). The summed E-state index contributed by atoms with van der Waals surface area (Å²) in [6.45, 7) is 4.92. The number of hydrogen-bond donors (Lipinski definition) is 2. The van der Waals surface area contributed by atoms with Gasteiger partial charge in [0, 0.05) is 18.0 Å². The molecule has 1 aliphatic heterocycles. The van der Waals surface area contributed by atoms with Crippen LogP contribution in [-0.4, -0.2) is 55.2 Å². The lowest BCUT2D eigenvalue weighted by atomic mass is 9.89. The lowest BCUT2D eigenvalue weighted by Gasteiger charge is -2.26. The van der Waals surface area contributed by atoms with E-state index in [4.69, 9.17) is 0 Å². The van der Waals surface area contributed by atoms with E-state index in [0.29, 0.717) is 23.8 Å². The maximum absolute atomic E-state index is 12.7. The van der Waals surface area contributed by atoms with Gasteiger partial charge in [-0.2, -0.15) is 0 Å². The predicted molar refractivity (Wildman–Crippen MR) is 124 cm³/mol. The van der Waals surface area contributed by atoms with E-state index in [0.717, 1.165) is 24.4 Å². The molecule has 1 aliphatic carbocycles. The number of carbonyl (C=O) groups excluding carboxylic acids is 2.